The zero-order chi connectivity index (χ0) is 16.8. The molecule has 0 amide bonds. The molecule has 0 spiro atoms. The number of hydrogen-bond acceptors (Lipinski definition) is 1. The molecule has 0 aromatic heterocycles. The van der Waals surface area contributed by atoms with Crippen molar-refractivity contribution in [3.63, 3.8) is 0 Å². The van der Waals surface area contributed by atoms with Gasteiger partial charge >= 0.3 is 0 Å². The third-order valence-electron chi connectivity index (χ3n) is 4.90. The predicted octanol–water partition coefficient (Wildman–Crippen LogP) is 6.30. The number of aliphatic imine (C=N–C) groups is 1. The molecule has 1 heteroatoms. The molecule has 4 aromatic carbocycles. The third-order valence-corrected chi connectivity index (χ3v) is 4.90. The molecule has 0 saturated carbocycles. The second-order valence-electron chi connectivity index (χ2n) is 6.55. The van der Waals surface area contributed by atoms with Crippen LogP contribution in [-0.4, -0.2) is 5.71 Å². The van der Waals surface area contributed by atoms with Crippen molar-refractivity contribution in [2.24, 2.45) is 4.99 Å². The van der Waals surface area contributed by atoms with Gasteiger partial charge in [-0.1, -0.05) is 84.4 Å². The molecule has 0 aliphatic heterocycles. The lowest BCUT2D eigenvalue weighted by Crippen LogP contribution is -1.97. The van der Waals surface area contributed by atoms with Gasteiger partial charge < -0.3 is 0 Å². The van der Waals surface area contributed by atoms with Gasteiger partial charge in [-0.25, -0.2) is 4.99 Å². The Balaban J connectivity index is 1.81. The van der Waals surface area contributed by atoms with Crippen molar-refractivity contribution < 1.29 is 0 Å². The van der Waals surface area contributed by atoms with E-state index in [1.54, 1.807) is 0 Å². The monoisotopic (exact) mass is 319 g/mol. The molecule has 0 saturated heterocycles. The molecular weight excluding hydrogens is 302 g/mol. The summed E-state index contributed by atoms with van der Waals surface area (Å²) in [6.07, 6.45) is 0. The van der Waals surface area contributed by atoms with E-state index in [9.17, 15) is 0 Å². The van der Waals surface area contributed by atoms with Crippen molar-refractivity contribution in [2.75, 3.05) is 0 Å². The fraction of sp³-hybridized carbons (Fsp3) is 0.0417. The Morgan fingerprint density at radius 2 is 1.32 bits per heavy atom. The molecular formula is C24H17N. The van der Waals surface area contributed by atoms with Crippen LogP contribution in [0.5, 0.6) is 0 Å². The lowest BCUT2D eigenvalue weighted by atomic mass is 10.0. The molecule has 0 N–H and O–H groups in total. The quantitative estimate of drug-likeness (QED) is 0.344. The van der Waals surface area contributed by atoms with Gasteiger partial charge in [-0.15, -0.1) is 0 Å². The first-order chi connectivity index (χ1) is 12.3. The van der Waals surface area contributed by atoms with Crippen LogP contribution in [0, 0.1) is 6.92 Å². The molecule has 0 heterocycles. The van der Waals surface area contributed by atoms with Gasteiger partial charge in [0.15, 0.2) is 0 Å². The Morgan fingerprint density at radius 1 is 0.600 bits per heavy atom. The Bertz CT molecular complexity index is 1150. The number of nitrogens with zero attached hydrogens (tertiary/aromatic N) is 1. The Hall–Kier alpha value is -3.19. The van der Waals surface area contributed by atoms with Crippen molar-refractivity contribution in [3.8, 4) is 11.1 Å². The topological polar surface area (TPSA) is 12.4 Å². The molecule has 0 atom stereocenters. The Morgan fingerprint density at radius 3 is 2.24 bits per heavy atom. The SMILES string of the molecule is Cc1ccc2c(c1)-c1ccccc1C2=Nc1cccc2ccccc12. The van der Waals surface area contributed by atoms with Gasteiger partial charge in [-0.2, -0.15) is 0 Å². The summed E-state index contributed by atoms with van der Waals surface area (Å²) in [6, 6.07) is 30.0. The summed E-state index contributed by atoms with van der Waals surface area (Å²) >= 11 is 0. The van der Waals surface area contributed by atoms with Crippen molar-refractivity contribution in [2.45, 2.75) is 6.92 Å². The first-order valence-electron chi connectivity index (χ1n) is 8.58. The maximum absolute atomic E-state index is 5.12. The molecule has 4 aromatic rings. The number of aryl methyl sites for hydroxylation is 1. The highest BCUT2D eigenvalue weighted by Gasteiger charge is 2.24. The number of benzene rings is 4. The van der Waals surface area contributed by atoms with E-state index in [4.69, 9.17) is 4.99 Å². The zero-order valence-corrected chi connectivity index (χ0v) is 14.0. The maximum atomic E-state index is 5.12. The summed E-state index contributed by atoms with van der Waals surface area (Å²) in [6.45, 7) is 2.14. The van der Waals surface area contributed by atoms with Gasteiger partial charge in [-0.3, -0.25) is 0 Å². The molecule has 25 heavy (non-hydrogen) atoms. The maximum Gasteiger partial charge on any atom is 0.0794 e. The fourth-order valence-electron chi connectivity index (χ4n) is 3.70. The number of fused-ring (bicyclic) bond motifs is 4. The van der Waals surface area contributed by atoms with Gasteiger partial charge in [0.05, 0.1) is 11.4 Å². The standard InChI is InChI=1S/C24H17N/c1-16-13-14-21-22(15-16)19-10-4-5-11-20(19)24(21)25-23-12-6-8-17-7-2-3-9-18(17)23/h2-15H,1H3. The van der Waals surface area contributed by atoms with E-state index in [1.165, 1.54) is 38.6 Å². The summed E-state index contributed by atoms with van der Waals surface area (Å²) < 4.78 is 0. The minimum atomic E-state index is 1.02. The van der Waals surface area contributed by atoms with Crippen LogP contribution >= 0.6 is 0 Å². The molecule has 1 aliphatic rings. The average Bonchev–Trinajstić information content (AvgIpc) is 2.95. The van der Waals surface area contributed by atoms with Crippen LogP contribution in [0.3, 0.4) is 0 Å². The van der Waals surface area contributed by atoms with Crippen LogP contribution in [0.25, 0.3) is 21.9 Å². The summed E-state index contributed by atoms with van der Waals surface area (Å²) in [5.41, 5.74) is 8.38. The lowest BCUT2D eigenvalue weighted by Gasteiger charge is -2.06. The highest BCUT2D eigenvalue weighted by atomic mass is 14.8. The van der Waals surface area contributed by atoms with Crippen LogP contribution in [0.4, 0.5) is 5.69 Å². The van der Waals surface area contributed by atoms with Crippen LogP contribution < -0.4 is 0 Å². The molecule has 1 nitrogen and oxygen atoms in total. The fourth-order valence-corrected chi connectivity index (χ4v) is 3.70. The van der Waals surface area contributed by atoms with E-state index in [1.807, 2.05) is 0 Å². The van der Waals surface area contributed by atoms with E-state index in [0.717, 1.165) is 11.4 Å². The molecule has 0 bridgehead atoms. The first kappa shape index (κ1) is 14.2. The summed E-state index contributed by atoms with van der Waals surface area (Å²) in [7, 11) is 0. The summed E-state index contributed by atoms with van der Waals surface area (Å²) in [4.78, 5) is 5.12. The highest BCUT2D eigenvalue weighted by Crippen LogP contribution is 2.39. The van der Waals surface area contributed by atoms with E-state index in [2.05, 4.69) is 91.9 Å². The summed E-state index contributed by atoms with van der Waals surface area (Å²) in [5, 5.41) is 2.41. The second-order valence-corrected chi connectivity index (χ2v) is 6.55. The van der Waals surface area contributed by atoms with Crippen molar-refractivity contribution in [1.82, 2.24) is 0 Å². The first-order valence-corrected chi connectivity index (χ1v) is 8.58. The molecule has 118 valence electrons. The van der Waals surface area contributed by atoms with E-state index < -0.39 is 0 Å². The van der Waals surface area contributed by atoms with Crippen LogP contribution in [0.1, 0.15) is 16.7 Å². The Labute approximate surface area is 147 Å². The average molecular weight is 319 g/mol. The molecule has 5 rings (SSSR count). The van der Waals surface area contributed by atoms with Crippen molar-refractivity contribution in [3.05, 3.63) is 102 Å². The lowest BCUT2D eigenvalue weighted by molar-refractivity contribution is 1.46. The van der Waals surface area contributed by atoms with Gasteiger partial charge in [0.1, 0.15) is 0 Å². The van der Waals surface area contributed by atoms with Gasteiger partial charge in [-0.05, 0) is 29.5 Å². The van der Waals surface area contributed by atoms with Crippen LogP contribution in [0.15, 0.2) is 89.9 Å². The third kappa shape index (κ3) is 2.20. The van der Waals surface area contributed by atoms with Crippen LogP contribution in [0.2, 0.25) is 0 Å². The van der Waals surface area contributed by atoms with Crippen molar-refractivity contribution >= 4 is 22.2 Å². The molecule has 0 radical (unpaired) electrons. The predicted molar refractivity (Wildman–Crippen MR) is 106 cm³/mol. The van der Waals surface area contributed by atoms with Crippen LogP contribution in [-0.2, 0) is 0 Å². The van der Waals surface area contributed by atoms with Crippen molar-refractivity contribution in [1.29, 1.82) is 0 Å². The number of hydrogen-bond donors (Lipinski definition) is 0. The second kappa shape index (κ2) is 5.42. The number of rotatable bonds is 1. The summed E-state index contributed by atoms with van der Waals surface area (Å²) in [5.74, 6) is 0. The smallest absolute Gasteiger partial charge is 0.0794 e. The normalized spacial score (nSPS) is 13.9. The van der Waals surface area contributed by atoms with E-state index in [0.29, 0.717) is 0 Å². The molecule has 0 fully saturated rings. The largest absolute Gasteiger partial charge is 0.247 e. The van der Waals surface area contributed by atoms with E-state index >= 15 is 0 Å². The minimum absolute atomic E-state index is 1.02. The molecule has 1 aliphatic carbocycles. The zero-order valence-electron chi connectivity index (χ0n) is 14.0. The highest BCUT2D eigenvalue weighted by molar-refractivity contribution is 6.25. The van der Waals surface area contributed by atoms with Gasteiger partial charge in [0.25, 0.3) is 0 Å². The minimum Gasteiger partial charge on any atom is -0.247 e. The van der Waals surface area contributed by atoms with E-state index in [-0.39, 0.29) is 0 Å². The Kier molecular flexibility index (Phi) is 3.07. The van der Waals surface area contributed by atoms with Gasteiger partial charge in [0, 0.05) is 16.5 Å². The molecule has 0 unspecified atom stereocenters. The van der Waals surface area contributed by atoms with Gasteiger partial charge in [0.2, 0.25) is 0 Å².